The molecule has 1 amide bonds. The lowest BCUT2D eigenvalue weighted by atomic mass is 10.1. The maximum Gasteiger partial charge on any atom is 0.266 e. The van der Waals surface area contributed by atoms with Crippen LogP contribution in [0.4, 0.5) is 5.69 Å². The zero-order valence-corrected chi connectivity index (χ0v) is 16.9. The molecule has 4 nitrogen and oxygen atoms in total. The highest BCUT2D eigenvalue weighted by Crippen LogP contribution is 2.36. The van der Waals surface area contributed by atoms with Crippen molar-refractivity contribution in [3.8, 4) is 5.75 Å². The molecule has 1 aliphatic heterocycles. The van der Waals surface area contributed by atoms with Gasteiger partial charge in [-0.2, -0.15) is 0 Å². The molecule has 0 radical (unpaired) electrons. The molecule has 1 aliphatic rings. The summed E-state index contributed by atoms with van der Waals surface area (Å²) in [4.78, 5) is 20.2. The summed E-state index contributed by atoms with van der Waals surface area (Å²) in [6.45, 7) is 6.89. The number of amidine groups is 1. The minimum Gasteiger partial charge on any atom is -0.496 e. The monoisotopic (exact) mass is 380 g/mol. The van der Waals surface area contributed by atoms with Gasteiger partial charge < -0.3 is 4.74 Å². The molecule has 27 heavy (non-hydrogen) atoms. The first kappa shape index (κ1) is 19.2. The first-order valence-electron chi connectivity index (χ1n) is 8.97. The molecule has 1 heterocycles. The Morgan fingerprint density at radius 2 is 1.85 bits per heavy atom. The number of carbonyl (C=O) groups excluding carboxylic acids is 1. The number of aryl methyl sites for hydroxylation is 1. The number of ether oxygens (including phenoxy) is 1. The van der Waals surface area contributed by atoms with Gasteiger partial charge in [-0.25, -0.2) is 4.99 Å². The van der Waals surface area contributed by atoms with E-state index in [2.05, 4.69) is 13.8 Å². The lowest BCUT2D eigenvalue weighted by Crippen LogP contribution is -2.32. The normalized spacial score (nSPS) is 17.4. The highest BCUT2D eigenvalue weighted by atomic mass is 32.2. The van der Waals surface area contributed by atoms with Crippen LogP contribution in [0.25, 0.3) is 6.08 Å². The van der Waals surface area contributed by atoms with E-state index in [1.54, 1.807) is 12.0 Å². The second-order valence-electron chi connectivity index (χ2n) is 6.89. The molecule has 1 saturated heterocycles. The molecule has 5 heteroatoms. The van der Waals surface area contributed by atoms with Crippen molar-refractivity contribution in [3.63, 3.8) is 0 Å². The molecule has 0 unspecified atom stereocenters. The van der Waals surface area contributed by atoms with Gasteiger partial charge in [0.2, 0.25) is 0 Å². The summed E-state index contributed by atoms with van der Waals surface area (Å²) in [5.74, 6) is 1.09. The van der Waals surface area contributed by atoms with Gasteiger partial charge in [0.25, 0.3) is 5.91 Å². The van der Waals surface area contributed by atoms with E-state index in [0.29, 0.717) is 17.4 Å². The van der Waals surface area contributed by atoms with E-state index in [4.69, 9.17) is 9.73 Å². The Balaban J connectivity index is 1.97. The summed E-state index contributed by atoms with van der Waals surface area (Å²) in [5.41, 5.74) is 2.92. The topological polar surface area (TPSA) is 41.9 Å². The largest absolute Gasteiger partial charge is 0.496 e. The Labute approximate surface area is 164 Å². The number of methoxy groups -OCH3 is 1. The number of benzene rings is 2. The first-order valence-corrected chi connectivity index (χ1v) is 9.79. The number of hydrogen-bond acceptors (Lipinski definition) is 4. The van der Waals surface area contributed by atoms with Crippen LogP contribution in [0.5, 0.6) is 5.75 Å². The molecule has 0 N–H and O–H groups in total. The van der Waals surface area contributed by atoms with E-state index in [1.807, 2.05) is 61.5 Å². The predicted molar refractivity (Wildman–Crippen MR) is 113 cm³/mol. The fourth-order valence-corrected chi connectivity index (χ4v) is 3.77. The molecule has 0 aromatic heterocycles. The SMILES string of the molecule is COc1ccccc1/C=C1/SC(=Nc2ccc(C)cc2)N(CC(C)C)C1=O. The Morgan fingerprint density at radius 1 is 1.15 bits per heavy atom. The Kier molecular flexibility index (Phi) is 6.01. The second-order valence-corrected chi connectivity index (χ2v) is 7.90. The average molecular weight is 381 g/mol. The lowest BCUT2D eigenvalue weighted by Gasteiger charge is -2.17. The minimum atomic E-state index is -0.00883. The van der Waals surface area contributed by atoms with Crippen LogP contribution in [-0.4, -0.2) is 29.6 Å². The summed E-state index contributed by atoms with van der Waals surface area (Å²) in [5, 5.41) is 0.721. The number of amides is 1. The Bertz CT molecular complexity index is 885. The third-order valence-electron chi connectivity index (χ3n) is 4.12. The molecule has 0 bridgehead atoms. The van der Waals surface area contributed by atoms with E-state index in [1.165, 1.54) is 17.3 Å². The van der Waals surface area contributed by atoms with E-state index in [-0.39, 0.29) is 5.91 Å². The van der Waals surface area contributed by atoms with E-state index in [0.717, 1.165) is 22.2 Å². The third kappa shape index (κ3) is 4.61. The standard InChI is InChI=1S/C22H24N2O2S/c1-15(2)14-24-21(25)20(13-17-7-5-6-8-19(17)26-4)27-22(24)23-18-11-9-16(3)10-12-18/h5-13,15H,14H2,1-4H3/b20-13+,23-22?. The van der Waals surface area contributed by atoms with Crippen molar-refractivity contribution < 1.29 is 9.53 Å². The van der Waals surface area contributed by atoms with Gasteiger partial charge in [-0.1, -0.05) is 49.7 Å². The molecule has 0 atom stereocenters. The van der Waals surface area contributed by atoms with Crippen LogP contribution in [0.1, 0.15) is 25.0 Å². The number of aliphatic imine (C=N–C) groups is 1. The van der Waals surface area contributed by atoms with Crippen LogP contribution in [0.15, 0.2) is 58.4 Å². The van der Waals surface area contributed by atoms with E-state index >= 15 is 0 Å². The molecule has 3 rings (SSSR count). The lowest BCUT2D eigenvalue weighted by molar-refractivity contribution is -0.122. The molecule has 1 fully saturated rings. The van der Waals surface area contributed by atoms with Gasteiger partial charge in [0.05, 0.1) is 17.7 Å². The summed E-state index contributed by atoms with van der Waals surface area (Å²) in [7, 11) is 1.64. The van der Waals surface area contributed by atoms with Crippen molar-refractivity contribution in [2.75, 3.05) is 13.7 Å². The maximum atomic E-state index is 13.0. The molecule has 2 aromatic rings. The van der Waals surface area contributed by atoms with Gasteiger partial charge in [0, 0.05) is 12.1 Å². The van der Waals surface area contributed by atoms with Crippen molar-refractivity contribution in [1.82, 2.24) is 4.90 Å². The first-order chi connectivity index (χ1) is 13.0. The molecule has 0 saturated carbocycles. The van der Waals surface area contributed by atoms with Crippen LogP contribution < -0.4 is 4.74 Å². The number of para-hydroxylation sites is 1. The van der Waals surface area contributed by atoms with Crippen molar-refractivity contribution >= 4 is 34.6 Å². The summed E-state index contributed by atoms with van der Waals surface area (Å²) in [6.07, 6.45) is 1.89. The van der Waals surface area contributed by atoms with Gasteiger partial charge in [0.15, 0.2) is 5.17 Å². The van der Waals surface area contributed by atoms with Crippen LogP contribution in [0, 0.1) is 12.8 Å². The predicted octanol–water partition coefficient (Wildman–Crippen LogP) is 5.26. The van der Waals surface area contributed by atoms with Gasteiger partial charge in [-0.15, -0.1) is 0 Å². The van der Waals surface area contributed by atoms with Crippen molar-refractivity contribution in [2.24, 2.45) is 10.9 Å². The van der Waals surface area contributed by atoms with Crippen LogP contribution in [0.3, 0.4) is 0 Å². The van der Waals surface area contributed by atoms with E-state index < -0.39 is 0 Å². The zero-order valence-electron chi connectivity index (χ0n) is 16.1. The molecule has 140 valence electrons. The van der Waals surface area contributed by atoms with Gasteiger partial charge in [-0.3, -0.25) is 9.69 Å². The van der Waals surface area contributed by atoms with Crippen molar-refractivity contribution in [2.45, 2.75) is 20.8 Å². The molecular weight excluding hydrogens is 356 g/mol. The van der Waals surface area contributed by atoms with Crippen molar-refractivity contribution in [3.05, 3.63) is 64.6 Å². The highest BCUT2D eigenvalue weighted by molar-refractivity contribution is 8.18. The van der Waals surface area contributed by atoms with E-state index in [9.17, 15) is 4.79 Å². The number of carbonyl (C=O) groups is 1. The highest BCUT2D eigenvalue weighted by Gasteiger charge is 2.33. The minimum absolute atomic E-state index is 0.00883. The van der Waals surface area contributed by atoms with Crippen LogP contribution in [-0.2, 0) is 4.79 Å². The second kappa shape index (κ2) is 8.44. The number of rotatable bonds is 5. The summed E-state index contributed by atoms with van der Waals surface area (Å²) in [6, 6.07) is 15.7. The number of thioether (sulfide) groups is 1. The Hall–Kier alpha value is -2.53. The average Bonchev–Trinajstić information content (AvgIpc) is 2.92. The molecular formula is C22H24N2O2S. The maximum absolute atomic E-state index is 13.0. The van der Waals surface area contributed by atoms with Crippen molar-refractivity contribution in [1.29, 1.82) is 0 Å². The van der Waals surface area contributed by atoms with Crippen LogP contribution in [0.2, 0.25) is 0 Å². The molecule has 0 aliphatic carbocycles. The molecule has 0 spiro atoms. The zero-order chi connectivity index (χ0) is 19.4. The fraction of sp³-hybridized carbons (Fsp3) is 0.273. The summed E-state index contributed by atoms with van der Waals surface area (Å²) >= 11 is 1.41. The number of nitrogens with zero attached hydrogens (tertiary/aromatic N) is 2. The Morgan fingerprint density at radius 3 is 2.52 bits per heavy atom. The fourth-order valence-electron chi connectivity index (χ4n) is 2.77. The van der Waals surface area contributed by atoms with Gasteiger partial charge in [-0.05, 0) is 48.9 Å². The van der Waals surface area contributed by atoms with Gasteiger partial charge in [0.1, 0.15) is 5.75 Å². The number of hydrogen-bond donors (Lipinski definition) is 0. The van der Waals surface area contributed by atoms with Crippen LogP contribution >= 0.6 is 11.8 Å². The molecule has 2 aromatic carbocycles. The van der Waals surface area contributed by atoms with Gasteiger partial charge >= 0.3 is 0 Å². The quantitative estimate of drug-likeness (QED) is 0.664. The summed E-state index contributed by atoms with van der Waals surface area (Å²) < 4.78 is 5.41. The smallest absolute Gasteiger partial charge is 0.266 e. The third-order valence-corrected chi connectivity index (χ3v) is 5.13.